The van der Waals surface area contributed by atoms with E-state index in [4.69, 9.17) is 42.4 Å². The van der Waals surface area contributed by atoms with Gasteiger partial charge < -0.3 is 24.8 Å². The lowest BCUT2D eigenvalue weighted by molar-refractivity contribution is -0.123. The van der Waals surface area contributed by atoms with Crippen LogP contribution >= 0.6 is 23.2 Å². The van der Waals surface area contributed by atoms with Crippen molar-refractivity contribution in [1.82, 2.24) is 30.2 Å². The summed E-state index contributed by atoms with van der Waals surface area (Å²) >= 11 is 14.0. The number of rotatable bonds is 15. The molecule has 2 aromatic carbocycles. The van der Waals surface area contributed by atoms with Gasteiger partial charge in [0.15, 0.2) is 0 Å². The summed E-state index contributed by atoms with van der Waals surface area (Å²) in [5.74, 6) is 0.138. The number of aromatic nitrogens is 2. The fourth-order valence-electron chi connectivity index (χ4n) is 7.81. The maximum absolute atomic E-state index is 12.6. The third-order valence-electron chi connectivity index (χ3n) is 10.8. The van der Waals surface area contributed by atoms with E-state index < -0.39 is 21.8 Å². The van der Waals surface area contributed by atoms with Crippen molar-refractivity contribution in [1.29, 1.82) is 0 Å². The van der Waals surface area contributed by atoms with E-state index in [1.165, 1.54) is 14.0 Å². The van der Waals surface area contributed by atoms with E-state index in [2.05, 4.69) is 37.4 Å². The van der Waals surface area contributed by atoms with Gasteiger partial charge in [-0.25, -0.2) is 13.4 Å². The molecular formula is C41H46Cl2N6O7S. The average molecular weight is 838 g/mol. The molecule has 2 amide bonds. The summed E-state index contributed by atoms with van der Waals surface area (Å²) in [6, 6.07) is 17.9. The topological polar surface area (TPSA) is 161 Å². The Bertz CT molecular complexity index is 2280. The van der Waals surface area contributed by atoms with Gasteiger partial charge in [-0.3, -0.25) is 19.2 Å². The molecule has 4 aromatic rings. The van der Waals surface area contributed by atoms with Crippen LogP contribution in [0, 0.1) is 5.92 Å². The first-order valence-corrected chi connectivity index (χ1v) is 21.5. The molecule has 2 saturated heterocycles. The normalized spacial score (nSPS) is 19.3. The summed E-state index contributed by atoms with van der Waals surface area (Å²) in [7, 11) is -0.488. The van der Waals surface area contributed by atoms with Crippen molar-refractivity contribution in [2.45, 2.75) is 64.3 Å². The van der Waals surface area contributed by atoms with Crippen molar-refractivity contribution in [2.75, 3.05) is 39.6 Å². The predicted octanol–water partition coefficient (Wildman–Crippen LogP) is 5.86. The number of halogens is 2. The van der Waals surface area contributed by atoms with E-state index in [0.717, 1.165) is 51.8 Å². The lowest BCUT2D eigenvalue weighted by Gasteiger charge is -2.20. The highest BCUT2D eigenvalue weighted by atomic mass is 35.5. The molecule has 2 fully saturated rings. The van der Waals surface area contributed by atoms with Crippen LogP contribution in [-0.2, 0) is 39.1 Å². The second kappa shape index (κ2) is 17.6. The molecular weight excluding hydrogens is 791 g/mol. The maximum atomic E-state index is 12.6. The van der Waals surface area contributed by atoms with E-state index in [0.29, 0.717) is 79.5 Å². The third kappa shape index (κ3) is 9.15. The van der Waals surface area contributed by atoms with Gasteiger partial charge in [0.05, 0.1) is 36.6 Å². The Morgan fingerprint density at radius 1 is 0.930 bits per heavy atom. The second-order valence-electron chi connectivity index (χ2n) is 14.5. The van der Waals surface area contributed by atoms with Gasteiger partial charge in [0, 0.05) is 60.9 Å². The minimum atomic E-state index is -3.62. The van der Waals surface area contributed by atoms with Crippen LogP contribution < -0.4 is 29.6 Å². The number of amides is 2. The molecule has 302 valence electrons. The largest absolute Gasteiger partial charge is 0.481 e. The number of nitrogens with zero attached hydrogens (tertiary/aromatic N) is 3. The van der Waals surface area contributed by atoms with Crippen molar-refractivity contribution in [2.24, 2.45) is 5.92 Å². The molecule has 0 saturated carbocycles. The highest BCUT2D eigenvalue weighted by Gasteiger charge is 2.32. The number of hydrogen-bond acceptors (Lipinski definition) is 11. The first-order chi connectivity index (χ1) is 27.5. The number of carbonyl (C=O) groups is 2. The molecule has 16 heteroatoms. The third-order valence-corrected chi connectivity index (χ3v) is 12.8. The molecule has 57 heavy (non-hydrogen) atoms. The van der Waals surface area contributed by atoms with Crippen molar-refractivity contribution in [3.05, 3.63) is 86.9 Å². The highest BCUT2D eigenvalue weighted by molar-refractivity contribution is 7.90. The number of sulfonamides is 1. The van der Waals surface area contributed by atoms with Gasteiger partial charge in [-0.15, -0.1) is 0 Å². The summed E-state index contributed by atoms with van der Waals surface area (Å²) in [5, 5.41) is 7.29. The predicted molar refractivity (Wildman–Crippen MR) is 218 cm³/mol. The highest BCUT2D eigenvalue weighted by Crippen LogP contribution is 2.45. The molecule has 3 aliphatic rings. The minimum absolute atomic E-state index is 0.0925. The molecule has 3 N–H and O–H groups in total. The van der Waals surface area contributed by atoms with Crippen molar-refractivity contribution in [3.8, 4) is 40.0 Å². The van der Waals surface area contributed by atoms with Crippen LogP contribution in [0.3, 0.4) is 0 Å². The molecule has 0 radical (unpaired) electrons. The number of ether oxygens (including phenoxy) is 3. The number of benzene rings is 2. The first kappa shape index (κ1) is 40.7. The van der Waals surface area contributed by atoms with Gasteiger partial charge in [-0.2, -0.15) is 4.98 Å². The number of fused-ring (bicyclic) bond motifs is 1. The zero-order chi connectivity index (χ0) is 40.3. The van der Waals surface area contributed by atoms with Crippen molar-refractivity contribution >= 4 is 45.0 Å². The van der Waals surface area contributed by atoms with Crippen LogP contribution in [0.5, 0.6) is 17.6 Å². The Morgan fingerprint density at radius 3 is 2.44 bits per heavy atom. The SMILES string of the molecule is CCS(=O)(=O)NC(=O)[C@@H]1CCN(Cc2cc(Cl)c(O[C@H]3CCc4c(-c5cccc(-c6ccc(CNC[C@@H]7CCC(=O)N7)c(OC)n6)c5Cl)cccc43)nc2OC)C1. The number of methoxy groups -OCH3 is 2. The molecule has 1 aliphatic carbocycles. The van der Waals surface area contributed by atoms with E-state index in [9.17, 15) is 18.0 Å². The molecule has 2 aromatic heterocycles. The number of carbonyl (C=O) groups excluding carboxylic acids is 2. The molecule has 7 rings (SSSR count). The summed E-state index contributed by atoms with van der Waals surface area (Å²) in [4.78, 5) is 35.7. The standard InChI is InChI=1S/C41H46Cl2N6O7S/c1-4-57(52,53)48-38(51)25-17-18-49(22-25)23-26-19-33(42)41(47-40(26)55-3)56-35-15-13-29-28(7-5-8-30(29)35)31-9-6-10-32(37(31)43)34-14-11-24(39(46-34)54-2)20-44-21-27-12-16-36(50)45-27/h5-11,14,19,25,27,35,44H,4,12-13,15-18,20-23H2,1-3H3,(H,45,50)(H,48,51)/t25-,27+,35+/m1/s1. The molecule has 4 heterocycles. The van der Waals surface area contributed by atoms with Crippen molar-refractivity contribution in [3.63, 3.8) is 0 Å². The number of pyridine rings is 2. The van der Waals surface area contributed by atoms with Gasteiger partial charge in [-0.05, 0) is 68.0 Å². The van der Waals surface area contributed by atoms with Crippen LogP contribution in [0.4, 0.5) is 0 Å². The summed E-state index contributed by atoms with van der Waals surface area (Å²) in [6.45, 7) is 4.13. The van der Waals surface area contributed by atoms with Crippen LogP contribution in [0.2, 0.25) is 10.0 Å². The molecule has 0 spiro atoms. The first-order valence-electron chi connectivity index (χ1n) is 19.1. The van der Waals surface area contributed by atoms with Crippen LogP contribution in [-0.4, -0.2) is 80.7 Å². The fraction of sp³-hybridized carbons (Fsp3) is 0.415. The van der Waals surface area contributed by atoms with Crippen LogP contribution in [0.15, 0.2) is 54.6 Å². The Hall–Kier alpha value is -4.47. The second-order valence-corrected chi connectivity index (χ2v) is 17.3. The lowest BCUT2D eigenvalue weighted by atomic mass is 9.94. The van der Waals surface area contributed by atoms with Gasteiger partial charge in [0.2, 0.25) is 39.5 Å². The van der Waals surface area contributed by atoms with Gasteiger partial charge in [0.1, 0.15) is 11.1 Å². The van der Waals surface area contributed by atoms with Crippen LogP contribution in [0.1, 0.15) is 61.0 Å². The van der Waals surface area contributed by atoms with Gasteiger partial charge in [0.25, 0.3) is 0 Å². The molecule has 0 bridgehead atoms. The summed E-state index contributed by atoms with van der Waals surface area (Å²) < 4.78 is 43.8. The zero-order valence-electron chi connectivity index (χ0n) is 32.1. The Labute approximate surface area is 342 Å². The Balaban J connectivity index is 1.05. The molecule has 0 unspecified atom stereocenters. The quantitative estimate of drug-likeness (QED) is 0.132. The maximum Gasteiger partial charge on any atom is 0.237 e. The number of nitrogens with one attached hydrogen (secondary N) is 3. The minimum Gasteiger partial charge on any atom is -0.481 e. The van der Waals surface area contributed by atoms with E-state index in [-0.39, 0.29) is 29.7 Å². The number of likely N-dealkylation sites (tertiary alicyclic amines) is 1. The van der Waals surface area contributed by atoms with Gasteiger partial charge in [-0.1, -0.05) is 65.7 Å². The summed E-state index contributed by atoms with van der Waals surface area (Å²) in [6.07, 6.45) is 3.08. The summed E-state index contributed by atoms with van der Waals surface area (Å²) in [5.41, 5.74) is 7.15. The lowest BCUT2D eigenvalue weighted by Crippen LogP contribution is -2.37. The zero-order valence-corrected chi connectivity index (χ0v) is 34.4. The van der Waals surface area contributed by atoms with E-state index >= 15 is 0 Å². The average Bonchev–Trinajstić information content (AvgIpc) is 3.96. The molecule has 13 nitrogen and oxygen atoms in total. The van der Waals surface area contributed by atoms with E-state index in [1.807, 2.05) is 36.4 Å². The number of hydrogen-bond donors (Lipinski definition) is 3. The van der Waals surface area contributed by atoms with Crippen LogP contribution in [0.25, 0.3) is 22.4 Å². The molecule has 3 atom stereocenters. The smallest absolute Gasteiger partial charge is 0.237 e. The molecule has 2 aliphatic heterocycles. The fourth-order valence-corrected chi connectivity index (χ4v) is 8.97. The van der Waals surface area contributed by atoms with Gasteiger partial charge >= 0.3 is 0 Å². The van der Waals surface area contributed by atoms with Crippen molar-refractivity contribution < 1.29 is 32.2 Å². The monoisotopic (exact) mass is 836 g/mol. The Kier molecular flexibility index (Phi) is 12.6. The van der Waals surface area contributed by atoms with E-state index in [1.54, 1.807) is 13.2 Å². The Morgan fingerprint density at radius 2 is 1.68 bits per heavy atom.